The summed E-state index contributed by atoms with van der Waals surface area (Å²) in [6.45, 7) is 2.74. The molecule has 0 unspecified atom stereocenters. The van der Waals surface area contributed by atoms with E-state index in [0.717, 1.165) is 17.1 Å². The zero-order chi connectivity index (χ0) is 22.9. The number of phenolic OH excluding ortho intramolecular Hbond substituents is 1. The van der Waals surface area contributed by atoms with E-state index in [2.05, 4.69) is 14.9 Å². The molecule has 1 aliphatic heterocycles. The zero-order valence-electron chi connectivity index (χ0n) is 17.6. The molecule has 1 saturated heterocycles. The molecular weight excluding hydrogens is 443 g/mol. The van der Waals surface area contributed by atoms with E-state index in [4.69, 9.17) is 11.6 Å². The van der Waals surface area contributed by atoms with Crippen LogP contribution < -0.4 is 4.90 Å². The predicted molar refractivity (Wildman–Crippen MR) is 128 cm³/mol. The van der Waals surface area contributed by atoms with E-state index in [1.165, 1.54) is 18.5 Å². The predicted octanol–water partition coefficient (Wildman–Crippen LogP) is 4.78. The maximum absolute atomic E-state index is 15.9. The Balaban J connectivity index is 1.61. The Kier molecular flexibility index (Phi) is 5.56. The van der Waals surface area contributed by atoms with Crippen molar-refractivity contribution in [3.05, 3.63) is 71.9 Å². The van der Waals surface area contributed by atoms with E-state index >= 15 is 4.39 Å². The summed E-state index contributed by atoms with van der Waals surface area (Å²) in [6.07, 6.45) is 5.35. The van der Waals surface area contributed by atoms with Gasteiger partial charge in [0, 0.05) is 43.3 Å². The molecule has 33 heavy (non-hydrogen) atoms. The van der Waals surface area contributed by atoms with Crippen LogP contribution in [0.25, 0.3) is 32.8 Å². The second kappa shape index (κ2) is 8.67. The van der Waals surface area contributed by atoms with Crippen LogP contribution >= 0.6 is 11.6 Å². The van der Waals surface area contributed by atoms with Crippen LogP contribution in [0, 0.1) is 5.82 Å². The number of halogens is 2. The topological polar surface area (TPSA) is 69.6 Å². The minimum Gasteiger partial charge on any atom is -0.508 e. The Morgan fingerprint density at radius 1 is 1.03 bits per heavy atom. The van der Waals surface area contributed by atoms with Gasteiger partial charge in [0.25, 0.3) is 0 Å². The first-order chi connectivity index (χ1) is 16.1. The van der Waals surface area contributed by atoms with Crippen LogP contribution in [0.4, 0.5) is 10.2 Å². The summed E-state index contributed by atoms with van der Waals surface area (Å²) in [5.41, 5.74) is 0.880. The number of allylic oxidation sites excluding steroid dienone is 1. The lowest BCUT2D eigenvalue weighted by molar-refractivity contribution is -0.104. The molecule has 4 aromatic rings. The number of hydrogen-bond acceptors (Lipinski definition) is 6. The largest absolute Gasteiger partial charge is 0.508 e. The summed E-state index contributed by atoms with van der Waals surface area (Å²) in [5.74, 6) is 0.0979. The second-order valence-electron chi connectivity index (χ2n) is 7.86. The third kappa shape index (κ3) is 3.85. The molecule has 2 heterocycles. The molecule has 1 aromatic heterocycles. The number of phenols is 1. The minimum atomic E-state index is -0.551. The molecule has 3 aromatic carbocycles. The molecule has 1 fully saturated rings. The van der Waals surface area contributed by atoms with Crippen molar-refractivity contribution in [2.75, 3.05) is 31.1 Å². The van der Waals surface area contributed by atoms with Crippen molar-refractivity contribution < 1.29 is 14.3 Å². The lowest BCUT2D eigenvalue weighted by Crippen LogP contribution is -2.44. The van der Waals surface area contributed by atoms with Crippen molar-refractivity contribution in [1.29, 1.82) is 0 Å². The Morgan fingerprint density at radius 3 is 2.61 bits per heavy atom. The molecular formula is C25H20ClFN4O2. The fraction of sp³-hybridized carbons (Fsp3) is 0.160. The van der Waals surface area contributed by atoms with Crippen LogP contribution in [0.5, 0.6) is 5.75 Å². The maximum Gasteiger partial charge on any atom is 0.158 e. The van der Waals surface area contributed by atoms with Gasteiger partial charge in [0.2, 0.25) is 0 Å². The number of aromatic hydroxyl groups is 1. The Bertz CT molecular complexity index is 1400. The number of rotatable bonds is 4. The SMILES string of the molecule is O=CC=CN1CCN(c2ncnc3c(F)c(-c4cc(O)cc5ccccc45)c(Cl)cc23)CC1. The summed E-state index contributed by atoms with van der Waals surface area (Å²) in [6, 6.07) is 12.3. The van der Waals surface area contributed by atoms with Crippen molar-refractivity contribution in [2.45, 2.75) is 0 Å². The van der Waals surface area contributed by atoms with E-state index in [0.29, 0.717) is 42.9 Å². The highest BCUT2D eigenvalue weighted by atomic mass is 35.5. The standard InChI is InChI=1S/C25H20ClFN4O2/c26-21-14-20-24(28-15-29-25(20)31-9-7-30(8-10-31)6-3-11-32)23(27)22(21)19-13-17(33)12-16-4-1-2-5-18(16)19/h1-6,11-15,33H,7-10H2. The molecule has 166 valence electrons. The lowest BCUT2D eigenvalue weighted by atomic mass is 9.96. The van der Waals surface area contributed by atoms with Gasteiger partial charge < -0.3 is 14.9 Å². The van der Waals surface area contributed by atoms with Crippen LogP contribution in [0.1, 0.15) is 0 Å². The van der Waals surface area contributed by atoms with Crippen LogP contribution in [0.2, 0.25) is 5.02 Å². The van der Waals surface area contributed by atoms with Gasteiger partial charge in [-0.15, -0.1) is 0 Å². The van der Waals surface area contributed by atoms with Gasteiger partial charge in [-0.05, 0) is 40.6 Å². The van der Waals surface area contributed by atoms with Gasteiger partial charge in [0.15, 0.2) is 5.82 Å². The molecule has 0 amide bonds. The quantitative estimate of drug-likeness (QED) is 0.347. The number of fused-ring (bicyclic) bond motifs is 2. The average Bonchev–Trinajstić information content (AvgIpc) is 2.83. The molecule has 0 aliphatic carbocycles. The number of aldehydes is 1. The smallest absolute Gasteiger partial charge is 0.158 e. The molecule has 0 spiro atoms. The van der Waals surface area contributed by atoms with E-state index in [-0.39, 0.29) is 21.9 Å². The lowest BCUT2D eigenvalue weighted by Gasteiger charge is -2.35. The number of carbonyl (C=O) groups excluding carboxylic acids is 1. The molecule has 1 aliphatic rings. The van der Waals surface area contributed by atoms with Gasteiger partial charge in [0.1, 0.15) is 29.7 Å². The van der Waals surface area contributed by atoms with Crippen LogP contribution in [0.15, 0.2) is 61.1 Å². The average molecular weight is 463 g/mol. The van der Waals surface area contributed by atoms with E-state index in [1.807, 2.05) is 29.2 Å². The van der Waals surface area contributed by atoms with Gasteiger partial charge in [0.05, 0.1) is 5.02 Å². The van der Waals surface area contributed by atoms with Crippen molar-refractivity contribution in [1.82, 2.24) is 14.9 Å². The number of anilines is 1. The first-order valence-electron chi connectivity index (χ1n) is 10.5. The summed E-state index contributed by atoms with van der Waals surface area (Å²) in [7, 11) is 0. The highest BCUT2D eigenvalue weighted by Gasteiger charge is 2.23. The molecule has 0 saturated carbocycles. The molecule has 1 N–H and O–H groups in total. The van der Waals surface area contributed by atoms with Crippen LogP contribution in [-0.2, 0) is 4.79 Å². The number of nitrogens with zero attached hydrogens (tertiary/aromatic N) is 4. The highest BCUT2D eigenvalue weighted by molar-refractivity contribution is 6.35. The minimum absolute atomic E-state index is 0.0316. The third-order valence-corrected chi connectivity index (χ3v) is 6.20. The Hall–Kier alpha value is -3.71. The van der Waals surface area contributed by atoms with Crippen molar-refractivity contribution in [2.24, 2.45) is 0 Å². The summed E-state index contributed by atoms with van der Waals surface area (Å²) in [5, 5.41) is 12.6. The number of carbonyl (C=O) groups is 1. The first-order valence-corrected chi connectivity index (χ1v) is 10.9. The van der Waals surface area contributed by atoms with Gasteiger partial charge in [-0.1, -0.05) is 35.9 Å². The molecule has 0 radical (unpaired) electrons. The highest BCUT2D eigenvalue weighted by Crippen LogP contribution is 2.41. The number of hydrogen-bond donors (Lipinski definition) is 1. The molecule has 5 rings (SSSR count). The fourth-order valence-electron chi connectivity index (χ4n) is 4.36. The number of aromatic nitrogens is 2. The van der Waals surface area contributed by atoms with E-state index in [9.17, 15) is 9.90 Å². The fourth-order valence-corrected chi connectivity index (χ4v) is 4.65. The zero-order valence-corrected chi connectivity index (χ0v) is 18.3. The molecule has 0 bridgehead atoms. The molecule has 0 atom stereocenters. The van der Waals surface area contributed by atoms with Crippen LogP contribution in [-0.4, -0.2) is 52.4 Å². The summed E-state index contributed by atoms with van der Waals surface area (Å²) < 4.78 is 15.9. The monoisotopic (exact) mass is 462 g/mol. The summed E-state index contributed by atoms with van der Waals surface area (Å²) >= 11 is 6.64. The molecule has 8 heteroatoms. The van der Waals surface area contributed by atoms with E-state index in [1.54, 1.807) is 18.3 Å². The van der Waals surface area contributed by atoms with Gasteiger partial charge in [-0.2, -0.15) is 0 Å². The van der Waals surface area contributed by atoms with Gasteiger partial charge in [-0.3, -0.25) is 4.79 Å². The second-order valence-corrected chi connectivity index (χ2v) is 8.26. The van der Waals surface area contributed by atoms with Crippen molar-refractivity contribution in [3.63, 3.8) is 0 Å². The number of benzene rings is 3. The van der Waals surface area contributed by atoms with Crippen LogP contribution in [0.3, 0.4) is 0 Å². The Morgan fingerprint density at radius 2 is 1.82 bits per heavy atom. The van der Waals surface area contributed by atoms with Crippen molar-refractivity contribution >= 4 is 45.4 Å². The number of piperazine rings is 1. The normalized spacial score (nSPS) is 14.5. The maximum atomic E-state index is 15.9. The van der Waals surface area contributed by atoms with E-state index < -0.39 is 5.82 Å². The first kappa shape index (κ1) is 21.2. The third-order valence-electron chi connectivity index (χ3n) is 5.91. The van der Waals surface area contributed by atoms with Gasteiger partial charge >= 0.3 is 0 Å². The van der Waals surface area contributed by atoms with Gasteiger partial charge in [-0.25, -0.2) is 14.4 Å². The Labute approximate surface area is 194 Å². The molecule has 6 nitrogen and oxygen atoms in total. The summed E-state index contributed by atoms with van der Waals surface area (Å²) in [4.78, 5) is 23.3. The van der Waals surface area contributed by atoms with Crippen molar-refractivity contribution in [3.8, 4) is 16.9 Å².